The lowest BCUT2D eigenvalue weighted by molar-refractivity contribution is 0.709. The number of hydrogen-bond acceptors (Lipinski definition) is 3. The van der Waals surface area contributed by atoms with Crippen molar-refractivity contribution in [3.8, 4) is 0 Å². The smallest absolute Gasteiger partial charge is 0.0831 e. The van der Waals surface area contributed by atoms with Gasteiger partial charge in [-0.15, -0.1) is 0 Å². The van der Waals surface area contributed by atoms with Crippen molar-refractivity contribution in [3.63, 3.8) is 0 Å². The van der Waals surface area contributed by atoms with Crippen LogP contribution in [0.5, 0.6) is 0 Å². The number of rotatable bonds is 5. The van der Waals surface area contributed by atoms with Crippen LogP contribution in [0.25, 0.3) is 0 Å². The van der Waals surface area contributed by atoms with Gasteiger partial charge in [0.05, 0.1) is 23.1 Å². The first-order chi connectivity index (χ1) is 16.2. The molecule has 0 spiro atoms. The summed E-state index contributed by atoms with van der Waals surface area (Å²) in [6.45, 7) is 2.09. The van der Waals surface area contributed by atoms with Crippen molar-refractivity contribution in [2.24, 2.45) is 10.1 Å². The Labute approximate surface area is 203 Å². The van der Waals surface area contributed by atoms with Crippen molar-refractivity contribution in [1.82, 2.24) is 0 Å². The van der Waals surface area contributed by atoms with Crippen LogP contribution < -0.4 is 5.01 Å². The molecule has 1 aliphatic heterocycles. The van der Waals surface area contributed by atoms with Crippen molar-refractivity contribution in [1.29, 1.82) is 0 Å². The van der Waals surface area contributed by atoms with Crippen molar-refractivity contribution in [2.75, 3.05) is 5.01 Å². The predicted octanol–water partition coefficient (Wildman–Crippen LogP) is 7.86. The van der Waals surface area contributed by atoms with Crippen molar-refractivity contribution < 1.29 is 0 Å². The third-order valence-electron chi connectivity index (χ3n) is 5.81. The van der Waals surface area contributed by atoms with E-state index in [1.54, 1.807) is 0 Å². The highest BCUT2D eigenvalue weighted by Gasteiger charge is 2.29. The Hall–Kier alpha value is -3.50. The Morgan fingerprint density at radius 3 is 2.39 bits per heavy atom. The Bertz CT molecular complexity index is 1290. The lowest BCUT2D eigenvalue weighted by Crippen LogP contribution is -2.18. The van der Waals surface area contributed by atoms with Gasteiger partial charge in [0.25, 0.3) is 0 Å². The summed E-state index contributed by atoms with van der Waals surface area (Å²) < 4.78 is 1.08. The summed E-state index contributed by atoms with van der Waals surface area (Å²) >= 11 is 3.55. The first-order valence-corrected chi connectivity index (χ1v) is 11.8. The Kier molecular flexibility index (Phi) is 6.18. The predicted molar refractivity (Wildman–Crippen MR) is 142 cm³/mol. The zero-order valence-corrected chi connectivity index (χ0v) is 20.0. The number of hydrogen-bond donors (Lipinski definition) is 0. The zero-order valence-electron chi connectivity index (χ0n) is 18.4. The molecule has 4 aromatic rings. The molecule has 162 valence electrons. The van der Waals surface area contributed by atoms with E-state index in [1.165, 1.54) is 11.1 Å². The summed E-state index contributed by atoms with van der Waals surface area (Å²) in [6.07, 6.45) is 2.75. The van der Waals surface area contributed by atoms with E-state index in [4.69, 9.17) is 10.1 Å². The molecule has 1 unspecified atom stereocenters. The minimum Gasteiger partial charge on any atom is -0.257 e. The second-order valence-electron chi connectivity index (χ2n) is 8.22. The van der Waals surface area contributed by atoms with Gasteiger partial charge in [0.2, 0.25) is 0 Å². The van der Waals surface area contributed by atoms with Crippen molar-refractivity contribution >= 4 is 39.2 Å². The van der Waals surface area contributed by atoms with Crippen LogP contribution in [0.1, 0.15) is 34.7 Å². The summed E-state index contributed by atoms with van der Waals surface area (Å²) in [4.78, 5) is 4.70. The van der Waals surface area contributed by atoms with E-state index >= 15 is 0 Å². The monoisotopic (exact) mass is 493 g/mol. The molecule has 33 heavy (non-hydrogen) atoms. The van der Waals surface area contributed by atoms with E-state index in [2.05, 4.69) is 119 Å². The van der Waals surface area contributed by atoms with Gasteiger partial charge in [-0.2, -0.15) is 5.10 Å². The molecule has 3 nitrogen and oxygen atoms in total. The Balaban J connectivity index is 1.45. The minimum absolute atomic E-state index is 0.148. The van der Waals surface area contributed by atoms with Crippen LogP contribution in [-0.2, 0) is 0 Å². The van der Waals surface area contributed by atoms with Gasteiger partial charge in [-0.1, -0.05) is 88.2 Å². The third kappa shape index (κ3) is 4.96. The van der Waals surface area contributed by atoms with Gasteiger partial charge in [-0.05, 0) is 60.0 Å². The minimum atomic E-state index is 0.148. The first kappa shape index (κ1) is 21.4. The van der Waals surface area contributed by atoms with Crippen molar-refractivity contribution in [3.05, 3.63) is 130 Å². The van der Waals surface area contributed by atoms with E-state index < -0.39 is 0 Å². The van der Waals surface area contributed by atoms with Gasteiger partial charge >= 0.3 is 0 Å². The molecule has 0 N–H and O–H groups in total. The quantitative estimate of drug-likeness (QED) is 0.260. The SMILES string of the molecule is Cc1ccc(C=Nc2cccc(C3=NN(c4ccccc4)C(c4ccc(Br)cc4)C3)c2)cc1. The van der Waals surface area contributed by atoms with Crippen molar-refractivity contribution in [2.45, 2.75) is 19.4 Å². The maximum Gasteiger partial charge on any atom is 0.0831 e. The van der Waals surface area contributed by atoms with E-state index in [1.807, 2.05) is 18.3 Å². The number of nitrogens with zero attached hydrogens (tertiary/aromatic N) is 3. The number of hydrazone groups is 1. The summed E-state index contributed by atoms with van der Waals surface area (Å²) in [7, 11) is 0. The van der Waals surface area contributed by atoms with E-state index in [9.17, 15) is 0 Å². The number of aryl methyl sites for hydroxylation is 1. The molecule has 1 aliphatic rings. The normalized spacial score (nSPS) is 15.8. The zero-order chi connectivity index (χ0) is 22.6. The average Bonchev–Trinajstić information content (AvgIpc) is 3.31. The molecule has 5 rings (SSSR count). The fourth-order valence-electron chi connectivity index (χ4n) is 4.02. The highest BCUT2D eigenvalue weighted by Crippen LogP contribution is 2.37. The number of halogens is 1. The molecule has 1 heterocycles. The lowest BCUT2D eigenvalue weighted by atomic mass is 9.98. The summed E-state index contributed by atoms with van der Waals surface area (Å²) in [5, 5.41) is 7.20. The molecule has 0 bridgehead atoms. The number of anilines is 1. The largest absolute Gasteiger partial charge is 0.257 e. The molecule has 0 aliphatic carbocycles. The number of para-hydroxylation sites is 1. The Morgan fingerprint density at radius 1 is 0.879 bits per heavy atom. The molecule has 0 saturated heterocycles. The van der Waals surface area contributed by atoms with Crippen LogP contribution in [0.4, 0.5) is 11.4 Å². The summed E-state index contributed by atoms with van der Waals surface area (Å²) in [6, 6.07) is 35.8. The molecular formula is C29H24BrN3. The van der Waals surface area contributed by atoms with Crippen LogP contribution in [0, 0.1) is 6.92 Å². The molecule has 0 saturated carbocycles. The number of benzene rings is 4. The molecular weight excluding hydrogens is 470 g/mol. The summed E-state index contributed by atoms with van der Waals surface area (Å²) in [5.41, 5.74) is 7.78. The molecule has 1 atom stereocenters. The van der Waals surface area contributed by atoms with Gasteiger partial charge in [-0.25, -0.2) is 0 Å². The van der Waals surface area contributed by atoms with E-state index in [-0.39, 0.29) is 6.04 Å². The molecule has 4 heteroatoms. The van der Waals surface area contributed by atoms with Gasteiger partial charge in [0, 0.05) is 17.1 Å². The fourth-order valence-corrected chi connectivity index (χ4v) is 4.28. The standard InChI is InChI=1S/C29H24BrN3/c1-21-10-12-22(13-11-21)20-31-26-7-5-6-24(18-26)28-19-29(23-14-16-25(30)17-15-23)33(32-28)27-8-3-2-4-9-27/h2-18,20,29H,19H2,1H3. The lowest BCUT2D eigenvalue weighted by Gasteiger charge is -2.24. The second kappa shape index (κ2) is 9.55. The Morgan fingerprint density at radius 2 is 1.64 bits per heavy atom. The number of aliphatic imine (C=N–C) groups is 1. The average molecular weight is 494 g/mol. The highest BCUT2D eigenvalue weighted by atomic mass is 79.9. The van der Waals surface area contributed by atoms with Gasteiger partial charge in [0.1, 0.15) is 0 Å². The van der Waals surface area contributed by atoms with E-state index in [0.717, 1.165) is 39.1 Å². The van der Waals surface area contributed by atoms with Gasteiger partial charge in [0.15, 0.2) is 0 Å². The highest BCUT2D eigenvalue weighted by molar-refractivity contribution is 9.10. The first-order valence-electron chi connectivity index (χ1n) is 11.0. The molecule has 0 radical (unpaired) electrons. The molecule has 0 fully saturated rings. The van der Waals surface area contributed by atoms with Crippen LogP contribution in [0.15, 0.2) is 118 Å². The molecule has 0 aromatic heterocycles. The second-order valence-corrected chi connectivity index (χ2v) is 9.13. The van der Waals surface area contributed by atoms with Crippen LogP contribution in [0.2, 0.25) is 0 Å². The summed E-state index contributed by atoms with van der Waals surface area (Å²) in [5.74, 6) is 0. The maximum absolute atomic E-state index is 5.06. The van der Waals surface area contributed by atoms with Gasteiger partial charge in [-0.3, -0.25) is 10.0 Å². The molecule has 4 aromatic carbocycles. The van der Waals surface area contributed by atoms with Crippen LogP contribution in [-0.4, -0.2) is 11.9 Å². The molecule has 0 amide bonds. The van der Waals surface area contributed by atoms with Gasteiger partial charge < -0.3 is 0 Å². The topological polar surface area (TPSA) is 28.0 Å². The maximum atomic E-state index is 5.06. The third-order valence-corrected chi connectivity index (χ3v) is 6.33. The fraction of sp³-hybridized carbons (Fsp3) is 0.103. The van der Waals surface area contributed by atoms with Crippen LogP contribution >= 0.6 is 15.9 Å². The van der Waals surface area contributed by atoms with E-state index in [0.29, 0.717) is 0 Å². The van der Waals surface area contributed by atoms with Crippen LogP contribution in [0.3, 0.4) is 0 Å².